The Morgan fingerprint density at radius 1 is 1.06 bits per heavy atom. The maximum absolute atomic E-state index is 13.6. The van der Waals surface area contributed by atoms with Crippen LogP contribution in [0.15, 0.2) is 47.6 Å². The lowest BCUT2D eigenvalue weighted by Crippen LogP contribution is -2.43. The molecular weight excluding hydrogens is 442 g/mol. The van der Waals surface area contributed by atoms with Gasteiger partial charge in [0.2, 0.25) is 0 Å². The van der Waals surface area contributed by atoms with Gasteiger partial charge in [-0.2, -0.15) is 5.10 Å². The van der Waals surface area contributed by atoms with Gasteiger partial charge in [-0.1, -0.05) is 23.8 Å². The van der Waals surface area contributed by atoms with Gasteiger partial charge in [0, 0.05) is 6.42 Å². The van der Waals surface area contributed by atoms with Crippen LogP contribution in [0.25, 0.3) is 0 Å². The molecule has 7 heteroatoms. The monoisotopic (exact) mass is 477 g/mol. The number of carbonyl (C=O) groups excluding carboxylic acids is 2. The van der Waals surface area contributed by atoms with Crippen LogP contribution in [0.4, 0.5) is 0 Å². The van der Waals surface area contributed by atoms with Crippen molar-refractivity contribution in [3.63, 3.8) is 0 Å². The molecule has 0 saturated carbocycles. The summed E-state index contributed by atoms with van der Waals surface area (Å²) in [5, 5.41) is 6.51. The zero-order valence-electron chi connectivity index (χ0n) is 21.1. The van der Waals surface area contributed by atoms with Gasteiger partial charge >= 0.3 is 5.97 Å². The minimum atomic E-state index is -0.142. The van der Waals surface area contributed by atoms with Crippen LogP contribution in [-0.4, -0.2) is 60.8 Å². The van der Waals surface area contributed by atoms with E-state index in [9.17, 15) is 9.59 Å². The fourth-order valence-corrected chi connectivity index (χ4v) is 4.91. The van der Waals surface area contributed by atoms with Crippen molar-refractivity contribution in [3.8, 4) is 5.75 Å². The molecule has 0 bridgehead atoms. The van der Waals surface area contributed by atoms with E-state index in [1.807, 2.05) is 31.2 Å². The Bertz CT molecular complexity index is 1090. The Kier molecular flexibility index (Phi) is 7.86. The molecule has 0 unspecified atom stereocenters. The second-order valence-corrected chi connectivity index (χ2v) is 9.40. The Labute approximate surface area is 207 Å². The minimum absolute atomic E-state index is 0.0194. The quantitative estimate of drug-likeness (QED) is 0.557. The number of methoxy groups -OCH3 is 1. The molecule has 0 spiro atoms. The van der Waals surface area contributed by atoms with Gasteiger partial charge in [-0.05, 0) is 87.7 Å². The smallest absolute Gasteiger partial charge is 0.309 e. The predicted molar refractivity (Wildman–Crippen MR) is 135 cm³/mol. The molecule has 1 amide bonds. The van der Waals surface area contributed by atoms with Gasteiger partial charge in [0.05, 0.1) is 37.9 Å². The number of likely N-dealkylation sites (tertiary alicyclic amines) is 1. The third-order valence-corrected chi connectivity index (χ3v) is 6.95. The van der Waals surface area contributed by atoms with E-state index in [1.54, 1.807) is 12.1 Å². The van der Waals surface area contributed by atoms with E-state index in [4.69, 9.17) is 14.6 Å². The van der Waals surface area contributed by atoms with Crippen molar-refractivity contribution in [2.24, 2.45) is 11.0 Å². The fraction of sp³-hybridized carbons (Fsp3) is 0.464. The highest BCUT2D eigenvalue weighted by atomic mass is 16.5. The first kappa shape index (κ1) is 24.9. The molecule has 35 heavy (non-hydrogen) atoms. The number of rotatable bonds is 7. The van der Waals surface area contributed by atoms with Crippen LogP contribution in [0, 0.1) is 19.8 Å². The number of nitrogens with zero attached hydrogens (tertiary/aromatic N) is 3. The third kappa shape index (κ3) is 5.73. The van der Waals surface area contributed by atoms with E-state index < -0.39 is 0 Å². The predicted octanol–water partition coefficient (Wildman–Crippen LogP) is 4.26. The molecule has 2 heterocycles. The van der Waals surface area contributed by atoms with Crippen LogP contribution in [0.5, 0.6) is 5.75 Å². The summed E-state index contributed by atoms with van der Waals surface area (Å²) in [6.45, 7) is 8.08. The van der Waals surface area contributed by atoms with Crippen molar-refractivity contribution in [2.75, 3.05) is 33.4 Å². The lowest BCUT2D eigenvalue weighted by molar-refractivity contribution is -0.149. The van der Waals surface area contributed by atoms with Crippen LogP contribution in [-0.2, 0) is 14.3 Å². The number of benzene rings is 2. The molecule has 2 aliphatic rings. The lowest BCUT2D eigenvalue weighted by atomic mass is 9.93. The van der Waals surface area contributed by atoms with E-state index in [0.717, 1.165) is 33.7 Å². The van der Waals surface area contributed by atoms with Crippen molar-refractivity contribution in [1.29, 1.82) is 0 Å². The van der Waals surface area contributed by atoms with E-state index in [2.05, 4.69) is 36.9 Å². The minimum Gasteiger partial charge on any atom is -0.497 e. The molecular formula is C28H35N3O4. The van der Waals surface area contributed by atoms with Crippen LogP contribution < -0.4 is 4.74 Å². The average Bonchev–Trinajstić information content (AvgIpc) is 3.31. The number of piperidine rings is 1. The highest BCUT2D eigenvalue weighted by Crippen LogP contribution is 2.35. The van der Waals surface area contributed by atoms with Gasteiger partial charge in [-0.15, -0.1) is 0 Å². The zero-order valence-corrected chi connectivity index (χ0v) is 21.1. The summed E-state index contributed by atoms with van der Waals surface area (Å²) in [6.07, 6.45) is 2.09. The second-order valence-electron chi connectivity index (χ2n) is 9.40. The molecule has 2 aromatic rings. The Balaban J connectivity index is 1.52. The normalized spacial score (nSPS) is 18.9. The molecule has 1 fully saturated rings. The number of amides is 1. The highest BCUT2D eigenvalue weighted by Gasteiger charge is 2.35. The number of aryl methyl sites for hydroxylation is 2. The van der Waals surface area contributed by atoms with Crippen LogP contribution >= 0.6 is 0 Å². The van der Waals surface area contributed by atoms with Gasteiger partial charge in [-0.3, -0.25) is 14.5 Å². The van der Waals surface area contributed by atoms with Gasteiger partial charge in [0.25, 0.3) is 5.91 Å². The summed E-state index contributed by atoms with van der Waals surface area (Å²) in [6, 6.07) is 14.1. The topological polar surface area (TPSA) is 71.4 Å². The van der Waals surface area contributed by atoms with E-state index in [0.29, 0.717) is 39.0 Å². The van der Waals surface area contributed by atoms with Crippen molar-refractivity contribution in [2.45, 2.75) is 46.1 Å². The maximum atomic E-state index is 13.6. The summed E-state index contributed by atoms with van der Waals surface area (Å²) >= 11 is 0. The third-order valence-electron chi connectivity index (χ3n) is 6.95. The second kappa shape index (κ2) is 11.0. The van der Waals surface area contributed by atoms with Crippen molar-refractivity contribution in [1.82, 2.24) is 9.91 Å². The number of esters is 1. The van der Waals surface area contributed by atoms with Gasteiger partial charge in [0.1, 0.15) is 5.75 Å². The van der Waals surface area contributed by atoms with Crippen molar-refractivity contribution < 1.29 is 19.1 Å². The number of hydrogen-bond donors (Lipinski definition) is 0. The Morgan fingerprint density at radius 3 is 2.43 bits per heavy atom. The van der Waals surface area contributed by atoms with Crippen molar-refractivity contribution in [3.05, 3.63) is 64.7 Å². The summed E-state index contributed by atoms with van der Waals surface area (Å²) in [4.78, 5) is 27.7. The molecule has 2 aliphatic heterocycles. The lowest BCUT2D eigenvalue weighted by Gasteiger charge is -2.32. The molecule has 0 N–H and O–H groups in total. The summed E-state index contributed by atoms with van der Waals surface area (Å²) in [5.41, 5.74) is 5.34. The molecule has 1 atom stereocenters. The van der Waals surface area contributed by atoms with Crippen LogP contribution in [0.3, 0.4) is 0 Å². The zero-order chi connectivity index (χ0) is 24.9. The molecule has 0 aliphatic carbocycles. The van der Waals surface area contributed by atoms with Crippen LogP contribution in [0.1, 0.15) is 54.5 Å². The van der Waals surface area contributed by atoms with Crippen LogP contribution in [0.2, 0.25) is 0 Å². The molecule has 7 nitrogen and oxygen atoms in total. The number of hydrazone groups is 1. The molecule has 186 valence electrons. The number of carbonyl (C=O) groups is 2. The molecule has 0 radical (unpaired) electrons. The van der Waals surface area contributed by atoms with E-state index in [1.165, 1.54) is 0 Å². The number of ether oxygens (including phenoxy) is 2. The first-order chi connectivity index (χ1) is 16.9. The fourth-order valence-electron chi connectivity index (χ4n) is 4.91. The standard InChI is InChI=1S/C28H35N3O4/c1-5-35-28(33)22-12-14-30(15-13-22)18-27(32)31-26(24-16-19(2)6-7-20(24)3)17-25(29-31)21-8-10-23(34-4)11-9-21/h6-11,16,22,26H,5,12-15,17-18H2,1-4H3/t26-/m0/s1. The average molecular weight is 478 g/mol. The van der Waals surface area contributed by atoms with Crippen molar-refractivity contribution >= 4 is 17.6 Å². The SMILES string of the molecule is CCOC(=O)C1CCN(CC(=O)N2N=C(c3ccc(OC)cc3)C[C@H]2c2cc(C)ccc2C)CC1. The molecule has 2 aromatic carbocycles. The summed E-state index contributed by atoms with van der Waals surface area (Å²) in [7, 11) is 1.65. The summed E-state index contributed by atoms with van der Waals surface area (Å²) < 4.78 is 10.5. The van der Waals surface area contributed by atoms with Gasteiger partial charge in [-0.25, -0.2) is 5.01 Å². The van der Waals surface area contributed by atoms with Gasteiger partial charge in [0.15, 0.2) is 0 Å². The van der Waals surface area contributed by atoms with E-state index >= 15 is 0 Å². The maximum Gasteiger partial charge on any atom is 0.309 e. The van der Waals surface area contributed by atoms with Gasteiger partial charge < -0.3 is 9.47 Å². The molecule has 4 rings (SSSR count). The largest absolute Gasteiger partial charge is 0.497 e. The Morgan fingerprint density at radius 2 is 1.77 bits per heavy atom. The Hall–Kier alpha value is -3.19. The number of hydrogen-bond acceptors (Lipinski definition) is 6. The highest BCUT2D eigenvalue weighted by molar-refractivity contribution is 6.03. The summed E-state index contributed by atoms with van der Waals surface area (Å²) in [5.74, 6) is 0.573. The molecule has 0 aromatic heterocycles. The first-order valence-corrected chi connectivity index (χ1v) is 12.4. The van der Waals surface area contributed by atoms with E-state index in [-0.39, 0.29) is 30.4 Å². The molecule has 1 saturated heterocycles. The first-order valence-electron chi connectivity index (χ1n) is 12.4.